The minimum Gasteiger partial charge on any atom is -0.342 e. The highest BCUT2D eigenvalue weighted by atomic mass is 32.2. The van der Waals surface area contributed by atoms with E-state index in [9.17, 15) is 4.79 Å². The van der Waals surface area contributed by atoms with Crippen molar-refractivity contribution in [1.29, 1.82) is 0 Å². The van der Waals surface area contributed by atoms with Crippen LogP contribution in [0.2, 0.25) is 0 Å². The van der Waals surface area contributed by atoms with Gasteiger partial charge in [0.25, 0.3) is 0 Å². The largest absolute Gasteiger partial charge is 0.342 e. The Hall–Kier alpha value is -2.98. The number of carbonyl (C=O) groups is 1. The number of rotatable bonds is 7. The van der Waals surface area contributed by atoms with Crippen LogP contribution >= 0.6 is 11.8 Å². The molecule has 0 spiro atoms. The van der Waals surface area contributed by atoms with Gasteiger partial charge in [-0.2, -0.15) is 0 Å². The first-order valence-corrected chi connectivity index (χ1v) is 11.3. The zero-order chi connectivity index (χ0) is 20.9. The molecule has 0 radical (unpaired) electrons. The van der Waals surface area contributed by atoms with Crippen LogP contribution in [0.25, 0.3) is 10.9 Å². The van der Waals surface area contributed by atoms with Crippen molar-refractivity contribution in [3.63, 3.8) is 0 Å². The second kappa shape index (κ2) is 9.23. The van der Waals surface area contributed by atoms with Gasteiger partial charge in [0.15, 0.2) is 0 Å². The van der Waals surface area contributed by atoms with Crippen molar-refractivity contribution in [2.24, 2.45) is 0 Å². The summed E-state index contributed by atoms with van der Waals surface area (Å²) < 4.78 is 2.27. The molecule has 0 unspecified atom stereocenters. The van der Waals surface area contributed by atoms with Gasteiger partial charge < -0.3 is 9.88 Å². The number of aromatic nitrogens is 1. The van der Waals surface area contributed by atoms with Crippen molar-refractivity contribution >= 4 is 34.3 Å². The Morgan fingerprint density at radius 1 is 0.967 bits per heavy atom. The van der Waals surface area contributed by atoms with E-state index in [1.165, 1.54) is 27.6 Å². The van der Waals surface area contributed by atoms with Crippen molar-refractivity contribution in [3.8, 4) is 0 Å². The van der Waals surface area contributed by atoms with E-state index in [0.717, 1.165) is 23.5 Å². The average molecular weight is 415 g/mol. The number of amides is 1. The Balaban J connectivity index is 1.47. The molecule has 0 aliphatic heterocycles. The molecule has 1 heterocycles. The van der Waals surface area contributed by atoms with Crippen molar-refractivity contribution in [2.45, 2.75) is 31.7 Å². The summed E-state index contributed by atoms with van der Waals surface area (Å²) in [6.07, 6.45) is 3.16. The second-order valence-electron chi connectivity index (χ2n) is 7.51. The average Bonchev–Trinajstić information content (AvgIpc) is 3.10. The van der Waals surface area contributed by atoms with E-state index in [1.807, 2.05) is 12.1 Å². The van der Waals surface area contributed by atoms with Crippen LogP contribution in [0.4, 0.5) is 5.69 Å². The summed E-state index contributed by atoms with van der Waals surface area (Å²) in [5, 5.41) is 4.19. The van der Waals surface area contributed by atoms with Crippen molar-refractivity contribution < 1.29 is 4.79 Å². The maximum Gasteiger partial charge on any atom is 0.234 e. The Labute approximate surface area is 182 Å². The predicted octanol–water partition coefficient (Wildman–Crippen LogP) is 6.29. The van der Waals surface area contributed by atoms with Crippen LogP contribution in [0.5, 0.6) is 0 Å². The van der Waals surface area contributed by atoms with Gasteiger partial charge in [0.05, 0.1) is 5.75 Å². The zero-order valence-electron chi connectivity index (χ0n) is 17.4. The molecule has 0 atom stereocenters. The molecule has 0 aliphatic rings. The molecule has 0 saturated heterocycles. The third-order valence-electron chi connectivity index (χ3n) is 5.19. The van der Waals surface area contributed by atoms with Crippen LogP contribution in [-0.2, 0) is 17.8 Å². The number of aryl methyl sites for hydroxylation is 2. The molecular formula is C26H26N2OS. The van der Waals surface area contributed by atoms with Gasteiger partial charge in [-0.15, -0.1) is 11.8 Å². The van der Waals surface area contributed by atoms with Gasteiger partial charge in [-0.1, -0.05) is 67.1 Å². The van der Waals surface area contributed by atoms with E-state index in [-0.39, 0.29) is 5.91 Å². The van der Waals surface area contributed by atoms with Crippen LogP contribution in [0.3, 0.4) is 0 Å². The van der Waals surface area contributed by atoms with Crippen molar-refractivity contribution in [3.05, 3.63) is 95.7 Å². The van der Waals surface area contributed by atoms with Gasteiger partial charge in [0.1, 0.15) is 0 Å². The Kier molecular flexibility index (Phi) is 6.24. The third kappa shape index (κ3) is 4.77. The number of fused-ring (bicyclic) bond motifs is 1. The first kappa shape index (κ1) is 20.3. The van der Waals surface area contributed by atoms with Gasteiger partial charge >= 0.3 is 0 Å². The van der Waals surface area contributed by atoms with E-state index in [0.29, 0.717) is 5.75 Å². The second-order valence-corrected chi connectivity index (χ2v) is 8.53. The standard InChI is InChI=1S/C26H26N2OS/c1-3-20-11-13-22(14-12-20)27-26(29)18-30-25-17-28(24-10-5-4-9-23(24)25)16-21-8-6-7-19(2)15-21/h4-15,17H,3,16,18H2,1-2H3,(H,27,29). The zero-order valence-corrected chi connectivity index (χ0v) is 18.2. The number of hydrogen-bond acceptors (Lipinski definition) is 2. The number of anilines is 1. The summed E-state index contributed by atoms with van der Waals surface area (Å²) >= 11 is 1.59. The fourth-order valence-corrected chi connectivity index (χ4v) is 4.52. The summed E-state index contributed by atoms with van der Waals surface area (Å²) in [5.74, 6) is 0.397. The lowest BCUT2D eigenvalue weighted by atomic mass is 10.1. The number of nitrogens with one attached hydrogen (secondary N) is 1. The molecule has 1 aromatic heterocycles. The molecular weight excluding hydrogens is 388 g/mol. The van der Waals surface area contributed by atoms with Gasteiger partial charge in [-0.25, -0.2) is 0 Å². The number of thioether (sulfide) groups is 1. The van der Waals surface area contributed by atoms with Crippen LogP contribution in [0.1, 0.15) is 23.6 Å². The monoisotopic (exact) mass is 414 g/mol. The molecule has 4 rings (SSSR count). The fraction of sp³-hybridized carbons (Fsp3) is 0.192. The van der Waals surface area contributed by atoms with E-state index in [4.69, 9.17) is 0 Å². The first-order chi connectivity index (χ1) is 14.6. The molecule has 30 heavy (non-hydrogen) atoms. The van der Waals surface area contributed by atoms with Crippen LogP contribution in [-0.4, -0.2) is 16.2 Å². The van der Waals surface area contributed by atoms with Crippen LogP contribution < -0.4 is 5.32 Å². The van der Waals surface area contributed by atoms with Gasteiger partial charge in [0.2, 0.25) is 5.91 Å². The van der Waals surface area contributed by atoms with E-state index < -0.39 is 0 Å². The molecule has 0 aliphatic carbocycles. The summed E-state index contributed by atoms with van der Waals surface area (Å²) in [7, 11) is 0. The number of nitrogens with zero attached hydrogens (tertiary/aromatic N) is 1. The maximum absolute atomic E-state index is 12.5. The number of benzene rings is 3. The molecule has 0 bridgehead atoms. The van der Waals surface area contributed by atoms with Crippen molar-refractivity contribution in [1.82, 2.24) is 4.57 Å². The Morgan fingerprint density at radius 2 is 1.77 bits per heavy atom. The molecule has 0 fully saturated rings. The normalized spacial score (nSPS) is 11.0. The minimum atomic E-state index is 0.0137. The molecule has 1 amide bonds. The molecule has 3 nitrogen and oxygen atoms in total. The van der Waals surface area contributed by atoms with Crippen LogP contribution in [0, 0.1) is 6.92 Å². The van der Waals surface area contributed by atoms with E-state index in [1.54, 1.807) is 11.8 Å². The highest BCUT2D eigenvalue weighted by Gasteiger charge is 2.11. The Morgan fingerprint density at radius 3 is 2.53 bits per heavy atom. The number of hydrogen-bond donors (Lipinski definition) is 1. The molecule has 4 heteroatoms. The molecule has 152 valence electrons. The number of carbonyl (C=O) groups excluding carboxylic acids is 1. The maximum atomic E-state index is 12.5. The molecule has 3 aromatic carbocycles. The fourth-order valence-electron chi connectivity index (χ4n) is 3.63. The van der Waals surface area contributed by atoms with E-state index >= 15 is 0 Å². The quantitative estimate of drug-likeness (QED) is 0.361. The third-order valence-corrected chi connectivity index (χ3v) is 6.23. The van der Waals surface area contributed by atoms with Crippen LogP contribution in [0.15, 0.2) is 83.9 Å². The van der Waals surface area contributed by atoms with E-state index in [2.05, 4.69) is 90.6 Å². The Bertz CT molecular complexity index is 1160. The van der Waals surface area contributed by atoms with Gasteiger partial charge in [0, 0.05) is 34.2 Å². The summed E-state index contributed by atoms with van der Waals surface area (Å²) in [6, 6.07) is 25.0. The molecule has 0 saturated carbocycles. The lowest BCUT2D eigenvalue weighted by Gasteiger charge is -2.06. The summed E-state index contributed by atoms with van der Waals surface area (Å²) in [4.78, 5) is 13.6. The summed E-state index contributed by atoms with van der Waals surface area (Å²) in [6.45, 7) is 5.06. The lowest BCUT2D eigenvalue weighted by molar-refractivity contribution is -0.113. The SMILES string of the molecule is CCc1ccc(NC(=O)CSc2cn(Cc3cccc(C)c3)c3ccccc23)cc1. The smallest absolute Gasteiger partial charge is 0.234 e. The predicted molar refractivity (Wildman–Crippen MR) is 127 cm³/mol. The number of para-hydroxylation sites is 1. The topological polar surface area (TPSA) is 34.0 Å². The highest BCUT2D eigenvalue weighted by molar-refractivity contribution is 8.00. The first-order valence-electron chi connectivity index (χ1n) is 10.3. The lowest BCUT2D eigenvalue weighted by Crippen LogP contribution is -2.13. The summed E-state index contributed by atoms with van der Waals surface area (Å²) in [5.41, 5.74) is 5.85. The van der Waals surface area contributed by atoms with Gasteiger partial charge in [-0.3, -0.25) is 4.79 Å². The molecule has 1 N–H and O–H groups in total. The highest BCUT2D eigenvalue weighted by Crippen LogP contribution is 2.30. The molecule has 4 aromatic rings. The van der Waals surface area contributed by atoms with Gasteiger partial charge in [-0.05, 0) is 42.7 Å². The minimum absolute atomic E-state index is 0.0137. The van der Waals surface area contributed by atoms with Crippen molar-refractivity contribution in [2.75, 3.05) is 11.1 Å².